The lowest BCUT2D eigenvalue weighted by molar-refractivity contribution is -0.133. The molecule has 5 amide bonds. The number of benzene rings is 2. The summed E-state index contributed by atoms with van der Waals surface area (Å²) in [5.41, 5.74) is 2.30. The Bertz CT molecular complexity index is 1260. The van der Waals surface area contributed by atoms with Crippen LogP contribution in [0, 0.1) is 6.92 Å². The number of amides is 5. The molecule has 0 saturated heterocycles. The van der Waals surface area contributed by atoms with Crippen molar-refractivity contribution in [2.24, 2.45) is 0 Å². The summed E-state index contributed by atoms with van der Waals surface area (Å²) < 4.78 is 5.22. The molecule has 12 heteroatoms. The molecule has 11 nitrogen and oxygen atoms in total. The van der Waals surface area contributed by atoms with Crippen molar-refractivity contribution in [3.8, 4) is 5.75 Å². The van der Waals surface area contributed by atoms with Crippen molar-refractivity contribution in [2.45, 2.75) is 77.5 Å². The van der Waals surface area contributed by atoms with Crippen LogP contribution in [-0.4, -0.2) is 66.7 Å². The minimum Gasteiger partial charge on any atom is -0.497 e. The van der Waals surface area contributed by atoms with E-state index in [9.17, 15) is 24.0 Å². The number of methoxy groups -OCH3 is 1. The van der Waals surface area contributed by atoms with Gasteiger partial charge in [0.15, 0.2) is 0 Å². The van der Waals surface area contributed by atoms with Gasteiger partial charge in [-0.1, -0.05) is 42.0 Å². The van der Waals surface area contributed by atoms with E-state index in [0.29, 0.717) is 5.75 Å². The fraction of sp³-hybridized carbons (Fsp3) is 0.469. The highest BCUT2D eigenvalue weighted by Crippen LogP contribution is 2.14. The third kappa shape index (κ3) is 13.9. The molecule has 2 rings (SSSR count). The average Bonchev–Trinajstić information content (AvgIpc) is 2.97. The lowest BCUT2D eigenvalue weighted by Gasteiger charge is -2.24. The zero-order valence-corrected chi connectivity index (χ0v) is 26.8. The highest BCUT2D eigenvalue weighted by molar-refractivity contribution is 6.27. The van der Waals surface area contributed by atoms with E-state index in [1.54, 1.807) is 31.4 Å². The van der Waals surface area contributed by atoms with Gasteiger partial charge in [0.2, 0.25) is 29.5 Å². The first-order valence-corrected chi connectivity index (χ1v) is 15.0. The summed E-state index contributed by atoms with van der Waals surface area (Å²) in [6.07, 6.45) is 0.0210. The number of alkyl halides is 1. The number of rotatable bonds is 16. The largest absolute Gasteiger partial charge is 0.497 e. The summed E-state index contributed by atoms with van der Waals surface area (Å²) in [4.78, 5) is 63.6. The molecule has 2 aromatic rings. The summed E-state index contributed by atoms with van der Waals surface area (Å²) in [7, 11) is 1.55. The lowest BCUT2D eigenvalue weighted by atomic mass is 10.0. The van der Waals surface area contributed by atoms with Crippen LogP contribution < -0.4 is 31.3 Å². The van der Waals surface area contributed by atoms with E-state index in [4.69, 9.17) is 16.3 Å². The zero-order valence-electron chi connectivity index (χ0n) is 26.1. The summed E-state index contributed by atoms with van der Waals surface area (Å²) >= 11 is 5.48. The second-order valence-electron chi connectivity index (χ2n) is 11.5. The molecule has 0 fully saturated rings. The van der Waals surface area contributed by atoms with Crippen molar-refractivity contribution in [1.29, 1.82) is 0 Å². The van der Waals surface area contributed by atoms with E-state index in [0.717, 1.165) is 16.7 Å². The van der Waals surface area contributed by atoms with Crippen LogP contribution in [0.5, 0.6) is 5.75 Å². The quantitative estimate of drug-likeness (QED) is 0.180. The van der Waals surface area contributed by atoms with Gasteiger partial charge < -0.3 is 31.3 Å². The zero-order chi connectivity index (χ0) is 32.7. The minimum absolute atomic E-state index is 0.00618. The number of nitrogens with one attached hydrogen (secondary N) is 5. The van der Waals surface area contributed by atoms with Crippen LogP contribution in [-0.2, 0) is 36.9 Å². The van der Waals surface area contributed by atoms with Gasteiger partial charge in [0, 0.05) is 37.9 Å². The molecular weight excluding hydrogens is 586 g/mol. The molecule has 0 aliphatic carbocycles. The van der Waals surface area contributed by atoms with Gasteiger partial charge in [0.25, 0.3) is 0 Å². The molecule has 2 atom stereocenters. The lowest BCUT2D eigenvalue weighted by Crippen LogP contribution is -2.54. The molecular formula is C32H44ClN5O6. The van der Waals surface area contributed by atoms with Gasteiger partial charge in [-0.15, -0.1) is 11.6 Å². The molecule has 0 spiro atoms. The van der Waals surface area contributed by atoms with Crippen molar-refractivity contribution < 1.29 is 28.7 Å². The van der Waals surface area contributed by atoms with Crippen LogP contribution in [0.4, 0.5) is 0 Å². The van der Waals surface area contributed by atoms with Crippen LogP contribution >= 0.6 is 11.6 Å². The van der Waals surface area contributed by atoms with Gasteiger partial charge in [0.1, 0.15) is 23.7 Å². The van der Waals surface area contributed by atoms with Crippen molar-refractivity contribution in [2.75, 3.05) is 19.5 Å². The number of hydrogen-bond donors (Lipinski definition) is 5. The highest BCUT2D eigenvalue weighted by Gasteiger charge is 2.28. The molecule has 0 heterocycles. The molecule has 0 saturated carbocycles. The molecule has 0 aliphatic heterocycles. The maximum Gasteiger partial charge on any atom is 0.243 e. The summed E-state index contributed by atoms with van der Waals surface area (Å²) in [5, 5.41) is 13.7. The highest BCUT2D eigenvalue weighted by atomic mass is 35.5. The molecule has 0 unspecified atom stereocenters. The smallest absolute Gasteiger partial charge is 0.243 e. The van der Waals surface area contributed by atoms with Crippen molar-refractivity contribution in [1.82, 2.24) is 26.6 Å². The first kappa shape index (κ1) is 36.1. The number of carbonyl (C=O) groups is 5. The fourth-order valence-corrected chi connectivity index (χ4v) is 4.25. The molecule has 0 bridgehead atoms. The van der Waals surface area contributed by atoms with Gasteiger partial charge in [0.05, 0.1) is 7.11 Å². The first-order valence-electron chi connectivity index (χ1n) is 14.5. The van der Waals surface area contributed by atoms with E-state index in [-0.39, 0.29) is 50.6 Å². The normalized spacial score (nSPS) is 12.3. The number of hydrogen-bond acceptors (Lipinski definition) is 6. The number of halogens is 1. The fourth-order valence-electron chi connectivity index (χ4n) is 4.15. The maximum atomic E-state index is 13.6. The van der Waals surface area contributed by atoms with Crippen LogP contribution in [0.15, 0.2) is 48.5 Å². The molecule has 240 valence electrons. The summed E-state index contributed by atoms with van der Waals surface area (Å²) in [6.45, 7) is 7.77. The monoisotopic (exact) mass is 629 g/mol. The Morgan fingerprint density at radius 1 is 0.773 bits per heavy atom. The Labute approximate surface area is 264 Å². The van der Waals surface area contributed by atoms with E-state index < -0.39 is 41.3 Å². The topological polar surface area (TPSA) is 155 Å². The van der Waals surface area contributed by atoms with Crippen molar-refractivity contribution in [3.05, 3.63) is 65.2 Å². The second-order valence-corrected chi connectivity index (χ2v) is 11.8. The van der Waals surface area contributed by atoms with Crippen LogP contribution in [0.25, 0.3) is 0 Å². The van der Waals surface area contributed by atoms with E-state index in [2.05, 4.69) is 26.6 Å². The maximum absolute atomic E-state index is 13.6. The van der Waals surface area contributed by atoms with Gasteiger partial charge in [-0.25, -0.2) is 0 Å². The van der Waals surface area contributed by atoms with Gasteiger partial charge in [-0.2, -0.15) is 0 Å². The molecule has 44 heavy (non-hydrogen) atoms. The Hall–Kier alpha value is -4.12. The Morgan fingerprint density at radius 2 is 1.41 bits per heavy atom. The van der Waals surface area contributed by atoms with Gasteiger partial charge in [-0.3, -0.25) is 24.0 Å². The van der Waals surface area contributed by atoms with Crippen LogP contribution in [0.3, 0.4) is 0 Å². The Kier molecular flexibility index (Phi) is 14.6. The SMILES string of the molecule is COc1ccc(C[C@H](NC(=O)[C@H](CCC(=O)NC(C)(C)C)NC(=O)CCNC(=O)CCl)C(=O)NCc2ccc(C)cc2)cc1. The molecule has 0 radical (unpaired) electrons. The Morgan fingerprint density at radius 3 is 2.00 bits per heavy atom. The predicted octanol–water partition coefficient (Wildman–Crippen LogP) is 2.27. The summed E-state index contributed by atoms with van der Waals surface area (Å²) in [6, 6.07) is 12.8. The molecule has 5 N–H and O–H groups in total. The van der Waals surface area contributed by atoms with Crippen LogP contribution in [0.1, 0.15) is 56.7 Å². The van der Waals surface area contributed by atoms with Gasteiger partial charge in [-0.05, 0) is 57.4 Å². The summed E-state index contributed by atoms with van der Waals surface area (Å²) in [5.74, 6) is -1.83. The third-order valence-electron chi connectivity index (χ3n) is 6.44. The average molecular weight is 630 g/mol. The molecule has 2 aromatic carbocycles. The minimum atomic E-state index is -1.11. The second kappa shape index (κ2) is 17.9. The van der Waals surface area contributed by atoms with E-state index in [1.165, 1.54) is 0 Å². The molecule has 0 aromatic heterocycles. The van der Waals surface area contributed by atoms with Gasteiger partial charge >= 0.3 is 0 Å². The molecule has 0 aliphatic rings. The van der Waals surface area contributed by atoms with Crippen molar-refractivity contribution in [3.63, 3.8) is 0 Å². The number of carbonyl (C=O) groups excluding carboxylic acids is 5. The van der Waals surface area contributed by atoms with E-state index >= 15 is 0 Å². The first-order chi connectivity index (χ1) is 20.8. The predicted molar refractivity (Wildman–Crippen MR) is 169 cm³/mol. The standard InChI is InChI=1S/C32H44ClN5O6/c1-21-6-8-23(9-7-21)20-35-30(42)26(18-22-10-12-24(44-5)13-11-22)37-31(43)25(14-15-28(40)38-32(2,3)4)36-27(39)16-17-34-29(41)19-33/h6-13,25-26H,14-20H2,1-5H3,(H,34,41)(H,35,42)(H,36,39)(H,37,43)(H,38,40)/t25-,26-/m0/s1. The number of aryl methyl sites for hydroxylation is 1. The third-order valence-corrected chi connectivity index (χ3v) is 6.68. The van der Waals surface area contributed by atoms with Crippen molar-refractivity contribution >= 4 is 41.1 Å². The Balaban J connectivity index is 2.21. The van der Waals surface area contributed by atoms with E-state index in [1.807, 2.05) is 52.0 Å². The van der Waals surface area contributed by atoms with Crippen LogP contribution in [0.2, 0.25) is 0 Å². The number of ether oxygens (including phenoxy) is 1.